The van der Waals surface area contributed by atoms with Gasteiger partial charge in [-0.3, -0.25) is 4.79 Å². The standard InChI is InChI=1S/C19H21NO4/c1-2-16(20-18(21)10-11-19(22)23)13-24-12-15-8-5-7-14-6-3-4-9-17(14)15/h3-11,16H,2,12-13H2,1H3,(H,20,21)(H,22,23)/b11-10-/t16-/m1/s1. The molecule has 0 aromatic heterocycles. The van der Waals surface area contributed by atoms with Crippen LogP contribution in [-0.4, -0.2) is 29.6 Å². The van der Waals surface area contributed by atoms with Gasteiger partial charge in [-0.1, -0.05) is 49.4 Å². The van der Waals surface area contributed by atoms with Gasteiger partial charge >= 0.3 is 5.97 Å². The third kappa shape index (κ3) is 5.21. The van der Waals surface area contributed by atoms with Crippen LogP contribution >= 0.6 is 0 Å². The second kappa shape index (κ2) is 8.84. The summed E-state index contributed by atoms with van der Waals surface area (Å²) in [6.45, 7) is 2.76. The summed E-state index contributed by atoms with van der Waals surface area (Å²) in [4.78, 5) is 22.0. The lowest BCUT2D eigenvalue weighted by Gasteiger charge is -2.16. The Morgan fingerprint density at radius 3 is 2.67 bits per heavy atom. The van der Waals surface area contributed by atoms with Gasteiger partial charge in [-0.2, -0.15) is 0 Å². The number of carboxylic acids is 1. The van der Waals surface area contributed by atoms with Crippen molar-refractivity contribution in [2.24, 2.45) is 0 Å². The minimum absolute atomic E-state index is 0.161. The fourth-order valence-corrected chi connectivity index (χ4v) is 2.39. The summed E-state index contributed by atoms with van der Waals surface area (Å²) in [6.07, 6.45) is 2.52. The molecule has 1 amide bonds. The molecule has 2 N–H and O–H groups in total. The van der Waals surface area contributed by atoms with Crippen LogP contribution in [0.4, 0.5) is 0 Å². The Morgan fingerprint density at radius 1 is 1.17 bits per heavy atom. The Labute approximate surface area is 140 Å². The maximum atomic E-state index is 11.6. The van der Waals surface area contributed by atoms with E-state index in [1.807, 2.05) is 31.2 Å². The Bertz CT molecular complexity index is 734. The first-order chi connectivity index (χ1) is 11.6. The van der Waals surface area contributed by atoms with E-state index in [0.29, 0.717) is 19.6 Å². The van der Waals surface area contributed by atoms with Crippen molar-refractivity contribution in [2.45, 2.75) is 26.0 Å². The molecule has 5 heteroatoms. The number of carbonyl (C=O) groups excluding carboxylic acids is 1. The van der Waals surface area contributed by atoms with Crippen molar-refractivity contribution in [2.75, 3.05) is 6.61 Å². The summed E-state index contributed by atoms with van der Waals surface area (Å²) >= 11 is 0. The average Bonchev–Trinajstić information content (AvgIpc) is 2.59. The van der Waals surface area contributed by atoms with Crippen LogP contribution in [0, 0.1) is 0 Å². The van der Waals surface area contributed by atoms with E-state index in [4.69, 9.17) is 9.84 Å². The molecule has 0 saturated heterocycles. The molecule has 0 unspecified atom stereocenters. The normalized spacial score (nSPS) is 12.4. The molecule has 0 aliphatic heterocycles. The van der Waals surface area contributed by atoms with E-state index in [0.717, 1.165) is 28.5 Å². The van der Waals surface area contributed by atoms with Crippen molar-refractivity contribution in [3.8, 4) is 0 Å². The first-order valence-corrected chi connectivity index (χ1v) is 7.86. The molecule has 0 fully saturated rings. The minimum atomic E-state index is -1.15. The second-order valence-electron chi connectivity index (χ2n) is 5.44. The van der Waals surface area contributed by atoms with Crippen LogP contribution in [0.3, 0.4) is 0 Å². The number of aliphatic carboxylic acids is 1. The zero-order chi connectivity index (χ0) is 17.4. The molecule has 0 saturated carbocycles. The van der Waals surface area contributed by atoms with Crippen molar-refractivity contribution in [3.63, 3.8) is 0 Å². The van der Waals surface area contributed by atoms with Crippen molar-refractivity contribution < 1.29 is 19.4 Å². The molecule has 1 atom stereocenters. The fourth-order valence-electron chi connectivity index (χ4n) is 2.39. The van der Waals surface area contributed by atoms with Gasteiger partial charge in [0.05, 0.1) is 19.3 Å². The van der Waals surface area contributed by atoms with E-state index in [2.05, 4.69) is 23.5 Å². The van der Waals surface area contributed by atoms with Crippen molar-refractivity contribution in [1.29, 1.82) is 0 Å². The van der Waals surface area contributed by atoms with E-state index in [-0.39, 0.29) is 6.04 Å². The maximum Gasteiger partial charge on any atom is 0.328 e. The summed E-state index contributed by atoms with van der Waals surface area (Å²) < 4.78 is 5.75. The van der Waals surface area contributed by atoms with Crippen molar-refractivity contribution in [3.05, 3.63) is 60.2 Å². The van der Waals surface area contributed by atoms with Crippen LogP contribution in [0.15, 0.2) is 54.6 Å². The zero-order valence-electron chi connectivity index (χ0n) is 13.6. The molecule has 0 heterocycles. The predicted molar refractivity (Wildman–Crippen MR) is 92.6 cm³/mol. The number of nitrogens with one attached hydrogen (secondary N) is 1. The van der Waals surface area contributed by atoms with Gasteiger partial charge in [-0.15, -0.1) is 0 Å². The monoisotopic (exact) mass is 327 g/mol. The summed E-state index contributed by atoms with van der Waals surface area (Å²) in [6, 6.07) is 14.0. The third-order valence-corrected chi connectivity index (χ3v) is 3.67. The molecule has 0 spiro atoms. The summed E-state index contributed by atoms with van der Waals surface area (Å²) in [7, 11) is 0. The lowest BCUT2D eigenvalue weighted by Crippen LogP contribution is -2.36. The lowest BCUT2D eigenvalue weighted by molar-refractivity contribution is -0.131. The third-order valence-electron chi connectivity index (χ3n) is 3.67. The van der Waals surface area contributed by atoms with Gasteiger partial charge in [-0.05, 0) is 22.8 Å². The number of hydrogen-bond acceptors (Lipinski definition) is 3. The van der Waals surface area contributed by atoms with Crippen LogP contribution in [-0.2, 0) is 20.9 Å². The van der Waals surface area contributed by atoms with Crippen LogP contribution in [0.2, 0.25) is 0 Å². The Morgan fingerprint density at radius 2 is 1.92 bits per heavy atom. The van der Waals surface area contributed by atoms with Crippen LogP contribution < -0.4 is 5.32 Å². The SMILES string of the molecule is CC[C@H](COCc1cccc2ccccc12)NC(=O)/C=C\C(=O)O. The molecule has 5 nitrogen and oxygen atoms in total. The number of hydrogen-bond donors (Lipinski definition) is 2. The van der Waals surface area contributed by atoms with Gasteiger partial charge in [-0.25, -0.2) is 4.79 Å². The van der Waals surface area contributed by atoms with E-state index in [9.17, 15) is 9.59 Å². The van der Waals surface area contributed by atoms with Gasteiger partial charge in [0.25, 0.3) is 0 Å². The van der Waals surface area contributed by atoms with Crippen molar-refractivity contribution >= 4 is 22.6 Å². The number of fused-ring (bicyclic) bond motifs is 1. The van der Waals surface area contributed by atoms with Gasteiger partial charge in [0.2, 0.25) is 5.91 Å². The minimum Gasteiger partial charge on any atom is -0.478 e. The average molecular weight is 327 g/mol. The number of carbonyl (C=O) groups is 2. The Hall–Kier alpha value is -2.66. The van der Waals surface area contributed by atoms with E-state index in [1.165, 1.54) is 0 Å². The highest BCUT2D eigenvalue weighted by Gasteiger charge is 2.09. The number of carboxylic acid groups (broad SMARTS) is 1. The molecular formula is C19H21NO4. The summed E-state index contributed by atoms with van der Waals surface area (Å²) in [5.41, 5.74) is 1.10. The lowest BCUT2D eigenvalue weighted by atomic mass is 10.1. The maximum absolute atomic E-state index is 11.6. The van der Waals surface area contributed by atoms with E-state index >= 15 is 0 Å². The molecule has 2 rings (SSSR count). The highest BCUT2D eigenvalue weighted by molar-refractivity contribution is 5.94. The van der Waals surface area contributed by atoms with E-state index in [1.54, 1.807) is 0 Å². The highest BCUT2D eigenvalue weighted by atomic mass is 16.5. The molecule has 24 heavy (non-hydrogen) atoms. The summed E-state index contributed by atoms with van der Waals surface area (Å²) in [5.74, 6) is -1.58. The van der Waals surface area contributed by atoms with Crippen molar-refractivity contribution in [1.82, 2.24) is 5.32 Å². The van der Waals surface area contributed by atoms with Gasteiger partial charge in [0.15, 0.2) is 0 Å². The molecule has 0 radical (unpaired) electrons. The first kappa shape index (κ1) is 17.7. The molecule has 2 aromatic carbocycles. The molecule has 0 aliphatic rings. The molecule has 0 bridgehead atoms. The van der Waals surface area contributed by atoms with Gasteiger partial charge < -0.3 is 15.2 Å². The molecular weight excluding hydrogens is 306 g/mol. The Balaban J connectivity index is 1.89. The smallest absolute Gasteiger partial charge is 0.328 e. The zero-order valence-corrected chi connectivity index (χ0v) is 13.6. The largest absolute Gasteiger partial charge is 0.478 e. The molecule has 126 valence electrons. The van der Waals surface area contributed by atoms with Crippen LogP contribution in [0.5, 0.6) is 0 Å². The Kier molecular flexibility index (Phi) is 6.51. The number of rotatable bonds is 8. The second-order valence-corrected chi connectivity index (χ2v) is 5.44. The highest BCUT2D eigenvalue weighted by Crippen LogP contribution is 2.19. The number of amides is 1. The quantitative estimate of drug-likeness (QED) is 0.731. The first-order valence-electron chi connectivity index (χ1n) is 7.86. The molecule has 0 aliphatic carbocycles. The van der Waals surface area contributed by atoms with E-state index < -0.39 is 11.9 Å². The van der Waals surface area contributed by atoms with Gasteiger partial charge in [0.1, 0.15) is 0 Å². The summed E-state index contributed by atoms with van der Waals surface area (Å²) in [5, 5.41) is 13.6. The fraction of sp³-hybridized carbons (Fsp3) is 0.263. The topological polar surface area (TPSA) is 75.6 Å². The molecule has 2 aromatic rings. The predicted octanol–water partition coefficient (Wildman–Crippen LogP) is 2.89. The van der Waals surface area contributed by atoms with Crippen LogP contribution in [0.25, 0.3) is 10.8 Å². The van der Waals surface area contributed by atoms with Crippen LogP contribution in [0.1, 0.15) is 18.9 Å². The number of benzene rings is 2. The number of ether oxygens (including phenoxy) is 1. The van der Waals surface area contributed by atoms with Gasteiger partial charge in [0, 0.05) is 12.2 Å².